The number of anilines is 1. The van der Waals surface area contributed by atoms with Crippen molar-refractivity contribution in [2.24, 2.45) is 0 Å². The molecule has 0 spiro atoms. The molecule has 24 heavy (non-hydrogen) atoms. The van der Waals surface area contributed by atoms with Crippen LogP contribution in [0.25, 0.3) is 0 Å². The lowest BCUT2D eigenvalue weighted by Gasteiger charge is -2.41. The lowest BCUT2D eigenvalue weighted by molar-refractivity contribution is -0.126. The average molecular weight is 328 g/mol. The summed E-state index contributed by atoms with van der Waals surface area (Å²) in [4.78, 5) is 20.7. The maximum absolute atomic E-state index is 13.1. The molecule has 2 heterocycles. The quantitative estimate of drug-likeness (QED) is 0.927. The maximum atomic E-state index is 13.1. The van der Waals surface area contributed by atoms with Crippen molar-refractivity contribution in [2.75, 3.05) is 31.6 Å². The van der Waals surface area contributed by atoms with E-state index >= 15 is 0 Å². The predicted molar refractivity (Wildman–Crippen MR) is 91.1 cm³/mol. The van der Waals surface area contributed by atoms with Crippen LogP contribution >= 0.6 is 0 Å². The Labute approximate surface area is 141 Å². The maximum Gasteiger partial charge on any atom is 0.238 e. The van der Waals surface area contributed by atoms with Gasteiger partial charge in [0.25, 0.3) is 0 Å². The molecule has 1 atom stereocenters. The molecule has 1 saturated heterocycles. The van der Waals surface area contributed by atoms with E-state index in [0.29, 0.717) is 13.1 Å². The van der Waals surface area contributed by atoms with E-state index in [9.17, 15) is 9.18 Å². The van der Waals surface area contributed by atoms with E-state index in [1.165, 1.54) is 12.1 Å². The Morgan fingerprint density at radius 1 is 1.21 bits per heavy atom. The fraction of sp³-hybridized carbons (Fsp3) is 0.333. The molecule has 1 N–H and O–H groups in total. The first-order valence-corrected chi connectivity index (χ1v) is 8.02. The fourth-order valence-electron chi connectivity index (χ4n) is 3.03. The largest absolute Gasteiger partial charge is 0.368 e. The van der Waals surface area contributed by atoms with Gasteiger partial charge in [-0.15, -0.1) is 0 Å². The third-order valence-electron chi connectivity index (χ3n) is 4.37. The molecule has 126 valence electrons. The summed E-state index contributed by atoms with van der Waals surface area (Å²) in [6, 6.07) is 10.1. The Hall–Kier alpha value is -2.47. The van der Waals surface area contributed by atoms with Crippen molar-refractivity contribution in [3.8, 4) is 0 Å². The van der Waals surface area contributed by atoms with Crippen molar-refractivity contribution in [3.63, 3.8) is 0 Å². The minimum absolute atomic E-state index is 0.00383. The Balaban J connectivity index is 1.75. The number of pyridine rings is 1. The van der Waals surface area contributed by atoms with Gasteiger partial charge in [-0.1, -0.05) is 0 Å². The second-order valence-corrected chi connectivity index (χ2v) is 5.88. The van der Waals surface area contributed by atoms with Gasteiger partial charge >= 0.3 is 0 Å². The van der Waals surface area contributed by atoms with Crippen LogP contribution in [0.4, 0.5) is 10.1 Å². The van der Waals surface area contributed by atoms with Gasteiger partial charge < -0.3 is 10.2 Å². The second kappa shape index (κ2) is 7.40. The SMILES string of the molecule is CNC(=O)C1CN(c2ccc(F)cc2)CCN1Cc1ccncc1. The summed E-state index contributed by atoms with van der Waals surface area (Å²) in [5.41, 5.74) is 2.07. The van der Waals surface area contributed by atoms with Crippen LogP contribution in [0, 0.1) is 5.82 Å². The van der Waals surface area contributed by atoms with Crippen LogP contribution in [0.15, 0.2) is 48.8 Å². The van der Waals surface area contributed by atoms with E-state index in [2.05, 4.69) is 20.1 Å². The first-order chi connectivity index (χ1) is 11.7. The smallest absolute Gasteiger partial charge is 0.238 e. The molecule has 1 aromatic heterocycles. The molecular formula is C18H21FN4O. The number of hydrogen-bond acceptors (Lipinski definition) is 4. The Kier molecular flexibility index (Phi) is 5.05. The van der Waals surface area contributed by atoms with Crippen molar-refractivity contribution >= 4 is 11.6 Å². The summed E-state index contributed by atoms with van der Waals surface area (Å²) in [6.07, 6.45) is 3.53. The number of piperazine rings is 1. The van der Waals surface area contributed by atoms with Crippen molar-refractivity contribution < 1.29 is 9.18 Å². The molecule has 1 aliphatic rings. The summed E-state index contributed by atoms with van der Waals surface area (Å²) in [5, 5.41) is 2.75. The zero-order valence-corrected chi connectivity index (χ0v) is 13.7. The lowest BCUT2D eigenvalue weighted by Crippen LogP contribution is -2.58. The number of nitrogens with zero attached hydrogens (tertiary/aromatic N) is 3. The van der Waals surface area contributed by atoms with E-state index in [4.69, 9.17) is 0 Å². The van der Waals surface area contributed by atoms with Gasteiger partial charge in [-0.05, 0) is 42.0 Å². The molecule has 1 amide bonds. The number of nitrogens with one attached hydrogen (secondary N) is 1. The number of halogens is 1. The molecule has 3 rings (SSSR count). The number of benzene rings is 1. The first kappa shape index (κ1) is 16.4. The van der Waals surface area contributed by atoms with E-state index < -0.39 is 0 Å². The molecule has 2 aromatic rings. The summed E-state index contributed by atoms with van der Waals surface area (Å²) < 4.78 is 13.1. The standard InChI is InChI=1S/C18H21FN4O/c1-20-18(24)17-13-22(16-4-2-15(19)3-5-16)10-11-23(17)12-14-6-8-21-9-7-14/h2-9,17H,10-13H2,1H3,(H,20,24). The van der Waals surface area contributed by atoms with Crippen LogP contribution in [0.2, 0.25) is 0 Å². The van der Waals surface area contributed by atoms with Gasteiger partial charge in [0.15, 0.2) is 0 Å². The molecule has 0 aliphatic carbocycles. The molecule has 1 unspecified atom stereocenters. The zero-order valence-electron chi connectivity index (χ0n) is 13.7. The second-order valence-electron chi connectivity index (χ2n) is 5.88. The van der Waals surface area contributed by atoms with Crippen LogP contribution in [-0.4, -0.2) is 48.5 Å². The van der Waals surface area contributed by atoms with Gasteiger partial charge in [-0.3, -0.25) is 14.7 Å². The Morgan fingerprint density at radius 2 is 1.92 bits per heavy atom. The minimum Gasteiger partial charge on any atom is -0.368 e. The lowest BCUT2D eigenvalue weighted by atomic mass is 10.1. The van der Waals surface area contributed by atoms with Crippen molar-refractivity contribution in [1.29, 1.82) is 0 Å². The van der Waals surface area contributed by atoms with Gasteiger partial charge in [-0.2, -0.15) is 0 Å². The first-order valence-electron chi connectivity index (χ1n) is 8.02. The third-order valence-corrected chi connectivity index (χ3v) is 4.37. The number of rotatable bonds is 4. The number of amides is 1. The Morgan fingerprint density at radius 3 is 2.58 bits per heavy atom. The molecular weight excluding hydrogens is 307 g/mol. The molecule has 6 heteroatoms. The van der Waals surface area contributed by atoms with Crippen LogP contribution in [0.1, 0.15) is 5.56 Å². The number of aromatic nitrogens is 1. The minimum atomic E-state index is -0.252. The normalized spacial score (nSPS) is 18.4. The molecule has 0 saturated carbocycles. The van der Waals surface area contributed by atoms with Crippen molar-refractivity contribution in [3.05, 3.63) is 60.2 Å². The number of hydrogen-bond donors (Lipinski definition) is 1. The summed E-state index contributed by atoms with van der Waals surface area (Å²) in [6.45, 7) is 2.84. The Bertz CT molecular complexity index is 677. The summed E-state index contributed by atoms with van der Waals surface area (Å²) in [7, 11) is 1.66. The van der Waals surface area contributed by atoms with Crippen LogP contribution in [0.3, 0.4) is 0 Å². The summed E-state index contributed by atoms with van der Waals surface area (Å²) in [5.74, 6) is -0.256. The van der Waals surface area contributed by atoms with E-state index in [1.54, 1.807) is 31.6 Å². The predicted octanol–water partition coefficient (Wildman–Crippen LogP) is 1.66. The van der Waals surface area contributed by atoms with Gasteiger partial charge in [0, 0.05) is 51.3 Å². The van der Waals surface area contributed by atoms with Gasteiger partial charge in [0.05, 0.1) is 0 Å². The topological polar surface area (TPSA) is 48.5 Å². The monoisotopic (exact) mass is 328 g/mol. The third kappa shape index (κ3) is 3.71. The van der Waals surface area contributed by atoms with E-state index in [1.807, 2.05) is 12.1 Å². The highest BCUT2D eigenvalue weighted by molar-refractivity contribution is 5.82. The highest BCUT2D eigenvalue weighted by Crippen LogP contribution is 2.21. The average Bonchev–Trinajstić information content (AvgIpc) is 2.63. The molecule has 1 aliphatic heterocycles. The molecule has 1 fully saturated rings. The van der Waals surface area contributed by atoms with Gasteiger partial charge in [0.1, 0.15) is 11.9 Å². The zero-order chi connectivity index (χ0) is 16.9. The highest BCUT2D eigenvalue weighted by Gasteiger charge is 2.31. The molecule has 0 bridgehead atoms. The fourth-order valence-corrected chi connectivity index (χ4v) is 3.03. The van der Waals surface area contributed by atoms with Crippen LogP contribution < -0.4 is 10.2 Å². The number of carbonyl (C=O) groups is 1. The van der Waals surface area contributed by atoms with Gasteiger partial charge in [-0.25, -0.2) is 4.39 Å². The highest BCUT2D eigenvalue weighted by atomic mass is 19.1. The summed E-state index contributed by atoms with van der Waals surface area (Å²) >= 11 is 0. The van der Waals surface area contributed by atoms with Crippen molar-refractivity contribution in [1.82, 2.24) is 15.2 Å². The van der Waals surface area contributed by atoms with E-state index in [0.717, 1.165) is 24.3 Å². The molecule has 5 nitrogen and oxygen atoms in total. The molecule has 1 aromatic carbocycles. The molecule has 0 radical (unpaired) electrons. The number of likely N-dealkylation sites (N-methyl/N-ethyl adjacent to an activating group) is 1. The van der Waals surface area contributed by atoms with Crippen molar-refractivity contribution in [2.45, 2.75) is 12.6 Å². The van der Waals surface area contributed by atoms with E-state index in [-0.39, 0.29) is 17.8 Å². The van der Waals surface area contributed by atoms with Gasteiger partial charge in [0.2, 0.25) is 5.91 Å². The van der Waals surface area contributed by atoms with Crippen LogP contribution in [-0.2, 0) is 11.3 Å². The van der Waals surface area contributed by atoms with Crippen LogP contribution in [0.5, 0.6) is 0 Å². The number of carbonyl (C=O) groups excluding carboxylic acids is 1.